The number of hydrogen-bond donors (Lipinski definition) is 0. The predicted octanol–water partition coefficient (Wildman–Crippen LogP) is 3.12. The third-order valence-corrected chi connectivity index (χ3v) is 6.06. The topological polar surface area (TPSA) is 60.1 Å². The van der Waals surface area contributed by atoms with Crippen molar-refractivity contribution in [1.82, 2.24) is 19.2 Å². The quantitative estimate of drug-likeness (QED) is 0.766. The van der Waals surface area contributed by atoms with Crippen molar-refractivity contribution in [2.45, 2.75) is 50.5 Å². The van der Waals surface area contributed by atoms with Crippen LogP contribution in [-0.4, -0.2) is 38.2 Å². The molecular weight excluding hydrogens is 352 g/mol. The fourth-order valence-corrected chi connectivity index (χ4v) is 4.48. The average Bonchev–Trinajstić information content (AvgIpc) is 3.35. The third kappa shape index (κ3) is 3.81. The minimum Gasteiger partial charge on any atom is -0.339 e. The first-order valence-electron chi connectivity index (χ1n) is 10.3. The van der Waals surface area contributed by atoms with Gasteiger partial charge < -0.3 is 4.90 Å². The highest BCUT2D eigenvalue weighted by Crippen LogP contribution is 2.33. The van der Waals surface area contributed by atoms with Gasteiger partial charge in [0.2, 0.25) is 5.91 Å². The van der Waals surface area contributed by atoms with Crippen LogP contribution in [0.25, 0.3) is 6.08 Å². The van der Waals surface area contributed by atoms with E-state index in [1.807, 2.05) is 45.9 Å². The van der Waals surface area contributed by atoms with E-state index in [0.717, 1.165) is 37.1 Å². The molecule has 2 aromatic rings. The van der Waals surface area contributed by atoms with Crippen molar-refractivity contribution in [1.29, 1.82) is 0 Å². The monoisotopic (exact) mass is 380 g/mol. The van der Waals surface area contributed by atoms with E-state index in [1.165, 1.54) is 17.5 Å². The first-order valence-corrected chi connectivity index (χ1v) is 10.3. The molecule has 2 heterocycles. The van der Waals surface area contributed by atoms with E-state index in [9.17, 15) is 9.59 Å². The molecule has 1 aliphatic heterocycles. The summed E-state index contributed by atoms with van der Waals surface area (Å²) in [6.45, 7) is 1.41. The number of aryl methyl sites for hydroxylation is 1. The Morgan fingerprint density at radius 1 is 1.07 bits per heavy atom. The zero-order valence-corrected chi connectivity index (χ0v) is 16.5. The van der Waals surface area contributed by atoms with Gasteiger partial charge in [-0.15, -0.1) is 0 Å². The molecule has 0 radical (unpaired) electrons. The molecule has 0 unspecified atom stereocenters. The molecule has 1 aliphatic carbocycles. The fourth-order valence-electron chi connectivity index (χ4n) is 4.48. The molecule has 1 amide bonds. The fraction of sp³-hybridized carbons (Fsp3) is 0.500. The van der Waals surface area contributed by atoms with E-state index in [-0.39, 0.29) is 17.5 Å². The Morgan fingerprint density at radius 3 is 2.43 bits per heavy atom. The first kappa shape index (κ1) is 18.7. The number of piperidine rings is 1. The van der Waals surface area contributed by atoms with Gasteiger partial charge in [-0.3, -0.25) is 9.36 Å². The van der Waals surface area contributed by atoms with E-state index < -0.39 is 0 Å². The zero-order valence-electron chi connectivity index (χ0n) is 16.5. The van der Waals surface area contributed by atoms with Crippen molar-refractivity contribution >= 4 is 12.0 Å². The number of benzene rings is 1. The summed E-state index contributed by atoms with van der Waals surface area (Å²) < 4.78 is 3.43. The van der Waals surface area contributed by atoms with Crippen LogP contribution in [0.4, 0.5) is 0 Å². The number of likely N-dealkylation sites (tertiary alicyclic amines) is 1. The number of hydrogen-bond acceptors (Lipinski definition) is 3. The molecule has 2 aliphatic rings. The van der Waals surface area contributed by atoms with Crippen molar-refractivity contribution in [2.24, 2.45) is 7.05 Å². The Kier molecular flexibility index (Phi) is 5.46. The first-order chi connectivity index (χ1) is 13.6. The lowest BCUT2D eigenvalue weighted by molar-refractivity contribution is -0.127. The molecule has 6 heteroatoms. The van der Waals surface area contributed by atoms with Gasteiger partial charge in [-0.05, 0) is 37.3 Å². The molecule has 148 valence electrons. The molecule has 1 saturated heterocycles. The highest BCUT2D eigenvalue weighted by atomic mass is 16.2. The number of carbonyl (C=O) groups excluding carboxylic acids is 1. The van der Waals surface area contributed by atoms with Crippen molar-refractivity contribution in [3.63, 3.8) is 0 Å². The van der Waals surface area contributed by atoms with Gasteiger partial charge in [0.05, 0.1) is 0 Å². The van der Waals surface area contributed by atoms with Crippen molar-refractivity contribution < 1.29 is 4.79 Å². The van der Waals surface area contributed by atoms with Crippen LogP contribution in [0.3, 0.4) is 0 Å². The van der Waals surface area contributed by atoms with Gasteiger partial charge >= 0.3 is 5.69 Å². The lowest BCUT2D eigenvalue weighted by atomic mass is 9.95. The van der Waals surface area contributed by atoms with E-state index in [2.05, 4.69) is 5.10 Å². The average molecular weight is 380 g/mol. The van der Waals surface area contributed by atoms with Crippen LogP contribution in [-0.2, 0) is 11.8 Å². The Labute approximate surface area is 165 Å². The second-order valence-electron chi connectivity index (χ2n) is 7.92. The Balaban J connectivity index is 1.42. The highest BCUT2D eigenvalue weighted by Gasteiger charge is 2.31. The van der Waals surface area contributed by atoms with Crippen molar-refractivity contribution in [3.8, 4) is 0 Å². The number of aromatic nitrogens is 3. The molecule has 1 saturated carbocycles. The van der Waals surface area contributed by atoms with Gasteiger partial charge in [-0.2, -0.15) is 5.10 Å². The van der Waals surface area contributed by atoms with Crippen LogP contribution in [0.2, 0.25) is 0 Å². The molecule has 4 rings (SSSR count). The van der Waals surface area contributed by atoms with Gasteiger partial charge in [0.25, 0.3) is 0 Å². The third-order valence-electron chi connectivity index (χ3n) is 6.06. The number of carbonyl (C=O) groups is 1. The van der Waals surface area contributed by atoms with Crippen LogP contribution in [0.15, 0.2) is 41.2 Å². The van der Waals surface area contributed by atoms with Crippen molar-refractivity contribution in [2.75, 3.05) is 13.1 Å². The SMILES string of the molecule is Cn1nc(C2CCN(C(=O)/C=C/c3ccccc3)CC2)n(C2CCCC2)c1=O. The van der Waals surface area contributed by atoms with Crippen LogP contribution >= 0.6 is 0 Å². The van der Waals surface area contributed by atoms with Crippen molar-refractivity contribution in [3.05, 3.63) is 58.3 Å². The second-order valence-corrected chi connectivity index (χ2v) is 7.92. The van der Waals surface area contributed by atoms with E-state index in [4.69, 9.17) is 0 Å². The molecule has 2 fully saturated rings. The van der Waals surface area contributed by atoms with Gasteiger partial charge in [-0.1, -0.05) is 43.2 Å². The summed E-state index contributed by atoms with van der Waals surface area (Å²) >= 11 is 0. The van der Waals surface area contributed by atoms with Crippen LogP contribution in [0.1, 0.15) is 61.9 Å². The summed E-state index contributed by atoms with van der Waals surface area (Å²) in [6, 6.07) is 10.2. The Morgan fingerprint density at radius 2 is 1.75 bits per heavy atom. The molecule has 0 spiro atoms. The molecule has 0 N–H and O–H groups in total. The molecule has 0 atom stereocenters. The summed E-state index contributed by atoms with van der Waals surface area (Å²) in [5.41, 5.74) is 1.03. The lowest BCUT2D eigenvalue weighted by Gasteiger charge is -2.31. The van der Waals surface area contributed by atoms with Crippen LogP contribution in [0.5, 0.6) is 0 Å². The molecule has 6 nitrogen and oxygen atoms in total. The summed E-state index contributed by atoms with van der Waals surface area (Å²) in [6.07, 6.45) is 9.75. The van der Waals surface area contributed by atoms with E-state index in [1.54, 1.807) is 13.1 Å². The van der Waals surface area contributed by atoms with E-state index >= 15 is 0 Å². The molecule has 1 aromatic heterocycles. The highest BCUT2D eigenvalue weighted by molar-refractivity contribution is 5.91. The molecule has 28 heavy (non-hydrogen) atoms. The smallest absolute Gasteiger partial charge is 0.339 e. The summed E-state index contributed by atoms with van der Waals surface area (Å²) in [7, 11) is 1.74. The Hall–Kier alpha value is -2.63. The maximum Gasteiger partial charge on any atom is 0.345 e. The summed E-state index contributed by atoms with van der Waals surface area (Å²) in [5.74, 6) is 1.22. The van der Waals surface area contributed by atoms with E-state index in [0.29, 0.717) is 19.1 Å². The zero-order chi connectivity index (χ0) is 19.5. The maximum absolute atomic E-state index is 12.6. The number of rotatable bonds is 4. The van der Waals surface area contributed by atoms with Crippen LogP contribution < -0.4 is 5.69 Å². The number of nitrogens with zero attached hydrogens (tertiary/aromatic N) is 4. The molecule has 0 bridgehead atoms. The minimum atomic E-state index is 0.00574. The number of amides is 1. The largest absolute Gasteiger partial charge is 0.345 e. The van der Waals surface area contributed by atoms with Gasteiger partial charge in [0, 0.05) is 38.2 Å². The molecule has 1 aromatic carbocycles. The van der Waals surface area contributed by atoms with Gasteiger partial charge in [0.1, 0.15) is 5.82 Å². The standard InChI is InChI=1S/C22H28N4O2/c1-24-22(28)26(19-9-5-6-10-19)21(23-24)18-13-15-25(16-14-18)20(27)12-11-17-7-3-2-4-8-17/h2-4,7-8,11-12,18-19H,5-6,9-10,13-16H2,1H3/b12-11+. The molecular formula is C22H28N4O2. The minimum absolute atomic E-state index is 0.00574. The predicted molar refractivity (Wildman–Crippen MR) is 109 cm³/mol. The second kappa shape index (κ2) is 8.17. The summed E-state index contributed by atoms with van der Waals surface area (Å²) in [4.78, 5) is 27.0. The van der Waals surface area contributed by atoms with Crippen LogP contribution in [0, 0.1) is 0 Å². The Bertz CT molecular complexity index is 898. The van der Waals surface area contributed by atoms with Gasteiger partial charge in [-0.25, -0.2) is 9.48 Å². The summed E-state index contributed by atoms with van der Waals surface area (Å²) in [5, 5.41) is 4.57. The van der Waals surface area contributed by atoms with Gasteiger partial charge in [0.15, 0.2) is 0 Å². The lowest BCUT2D eigenvalue weighted by Crippen LogP contribution is -2.38. The normalized spacial score (nSPS) is 19.0. The maximum atomic E-state index is 12.6.